The highest BCUT2D eigenvalue weighted by atomic mass is 16.5. The second-order valence-electron chi connectivity index (χ2n) is 7.07. The molecule has 0 saturated carbocycles. The molecule has 0 fully saturated rings. The number of pyridine rings is 1. The minimum atomic E-state index is -0.294. The summed E-state index contributed by atoms with van der Waals surface area (Å²) in [6, 6.07) is 9.09. The van der Waals surface area contributed by atoms with Crippen molar-refractivity contribution in [2.24, 2.45) is 0 Å². The number of aryl methyl sites for hydroxylation is 2. The van der Waals surface area contributed by atoms with Crippen molar-refractivity contribution in [1.29, 1.82) is 0 Å². The summed E-state index contributed by atoms with van der Waals surface area (Å²) in [5.41, 5.74) is 3.96. The predicted molar refractivity (Wildman–Crippen MR) is 116 cm³/mol. The molecule has 3 rings (SSSR count). The highest BCUT2D eigenvalue weighted by molar-refractivity contribution is 5.95. The van der Waals surface area contributed by atoms with Crippen molar-refractivity contribution in [3.8, 4) is 17.2 Å². The summed E-state index contributed by atoms with van der Waals surface area (Å²) in [4.78, 5) is 27.9. The van der Waals surface area contributed by atoms with Crippen LogP contribution in [0, 0.1) is 13.8 Å². The first-order valence-electron chi connectivity index (χ1n) is 9.59. The normalized spacial score (nSPS) is 10.7. The van der Waals surface area contributed by atoms with Crippen LogP contribution in [0.4, 0.5) is 0 Å². The molecule has 0 aliphatic rings. The van der Waals surface area contributed by atoms with Gasteiger partial charge in [-0.25, -0.2) is 0 Å². The number of hydrogen-bond donors (Lipinski definition) is 2. The summed E-state index contributed by atoms with van der Waals surface area (Å²) in [6.45, 7) is 4.37. The van der Waals surface area contributed by atoms with E-state index in [1.807, 2.05) is 26.0 Å². The third-order valence-corrected chi connectivity index (χ3v) is 5.14. The summed E-state index contributed by atoms with van der Waals surface area (Å²) < 4.78 is 15.9. The van der Waals surface area contributed by atoms with Crippen LogP contribution in [-0.2, 0) is 6.42 Å². The van der Waals surface area contributed by atoms with E-state index in [-0.39, 0.29) is 11.5 Å². The minimum absolute atomic E-state index is 0.146. The predicted octanol–water partition coefficient (Wildman–Crippen LogP) is 3.14. The quantitative estimate of drug-likeness (QED) is 0.625. The Kier molecular flexibility index (Phi) is 6.30. The number of carbonyl (C=O) groups excluding carboxylic acids is 1. The Morgan fingerprint density at radius 3 is 2.17 bits per heavy atom. The van der Waals surface area contributed by atoms with Gasteiger partial charge >= 0.3 is 0 Å². The third kappa shape index (κ3) is 4.25. The molecule has 158 valence electrons. The molecule has 3 aromatic rings. The molecular weight excluding hydrogens is 384 g/mol. The molecule has 0 aliphatic heterocycles. The van der Waals surface area contributed by atoms with E-state index in [1.54, 1.807) is 12.1 Å². The first kappa shape index (κ1) is 21.2. The van der Waals surface area contributed by atoms with Crippen molar-refractivity contribution in [1.82, 2.24) is 10.3 Å². The summed E-state index contributed by atoms with van der Waals surface area (Å²) in [7, 11) is 4.49. The summed E-state index contributed by atoms with van der Waals surface area (Å²) >= 11 is 0. The van der Waals surface area contributed by atoms with Gasteiger partial charge in [0.2, 0.25) is 5.75 Å². The third-order valence-electron chi connectivity index (χ3n) is 5.14. The van der Waals surface area contributed by atoms with E-state index < -0.39 is 0 Å². The fourth-order valence-corrected chi connectivity index (χ4v) is 3.33. The SMILES string of the molecule is COc1cc(C(=O)NCCc2cc3cc(C)c(C)cc3[nH]c2=O)cc(OC)c1OC. The molecular formula is C23H26N2O5. The zero-order chi connectivity index (χ0) is 21.8. The molecule has 30 heavy (non-hydrogen) atoms. The van der Waals surface area contributed by atoms with Crippen molar-refractivity contribution >= 4 is 16.8 Å². The van der Waals surface area contributed by atoms with Gasteiger partial charge in [-0.15, -0.1) is 0 Å². The van der Waals surface area contributed by atoms with Crippen molar-refractivity contribution in [3.63, 3.8) is 0 Å². The topological polar surface area (TPSA) is 89.7 Å². The maximum atomic E-state index is 12.6. The van der Waals surface area contributed by atoms with Crippen molar-refractivity contribution in [2.45, 2.75) is 20.3 Å². The number of H-pyrrole nitrogens is 1. The second-order valence-corrected chi connectivity index (χ2v) is 7.07. The van der Waals surface area contributed by atoms with Crippen LogP contribution in [0.15, 0.2) is 35.1 Å². The molecule has 2 aromatic carbocycles. The van der Waals surface area contributed by atoms with Crippen LogP contribution in [0.25, 0.3) is 10.9 Å². The van der Waals surface area contributed by atoms with E-state index in [9.17, 15) is 9.59 Å². The molecule has 0 atom stereocenters. The molecule has 2 N–H and O–H groups in total. The van der Waals surface area contributed by atoms with Crippen molar-refractivity contribution in [2.75, 3.05) is 27.9 Å². The van der Waals surface area contributed by atoms with Gasteiger partial charge in [0.1, 0.15) is 0 Å². The molecule has 0 unspecified atom stereocenters. The second kappa shape index (κ2) is 8.90. The summed E-state index contributed by atoms with van der Waals surface area (Å²) in [5, 5.41) is 3.82. The Hall–Kier alpha value is -3.48. The van der Waals surface area contributed by atoms with Gasteiger partial charge < -0.3 is 24.5 Å². The first-order chi connectivity index (χ1) is 14.4. The van der Waals surface area contributed by atoms with Crippen LogP contribution in [0.1, 0.15) is 27.0 Å². The van der Waals surface area contributed by atoms with Crippen LogP contribution in [0.5, 0.6) is 17.2 Å². The lowest BCUT2D eigenvalue weighted by molar-refractivity contribution is 0.0953. The molecule has 0 bridgehead atoms. The molecule has 0 radical (unpaired) electrons. The van der Waals surface area contributed by atoms with E-state index in [2.05, 4.69) is 16.4 Å². The van der Waals surface area contributed by atoms with Crippen LogP contribution >= 0.6 is 0 Å². The first-order valence-corrected chi connectivity index (χ1v) is 9.59. The largest absolute Gasteiger partial charge is 0.493 e. The number of amides is 1. The Balaban J connectivity index is 1.75. The number of benzene rings is 2. The number of fused-ring (bicyclic) bond motifs is 1. The Labute approximate surface area is 175 Å². The van der Waals surface area contributed by atoms with Gasteiger partial charge in [-0.3, -0.25) is 9.59 Å². The molecule has 7 nitrogen and oxygen atoms in total. The number of rotatable bonds is 7. The van der Waals surface area contributed by atoms with E-state index in [1.165, 1.54) is 21.3 Å². The number of ether oxygens (including phenoxy) is 3. The highest BCUT2D eigenvalue weighted by Crippen LogP contribution is 2.38. The molecule has 1 aromatic heterocycles. The molecule has 7 heteroatoms. The fourth-order valence-electron chi connectivity index (χ4n) is 3.33. The average molecular weight is 410 g/mol. The smallest absolute Gasteiger partial charge is 0.251 e. The minimum Gasteiger partial charge on any atom is -0.493 e. The highest BCUT2D eigenvalue weighted by Gasteiger charge is 2.17. The van der Waals surface area contributed by atoms with Crippen molar-refractivity contribution < 1.29 is 19.0 Å². The van der Waals surface area contributed by atoms with E-state index in [0.717, 1.165) is 22.0 Å². The number of nitrogens with one attached hydrogen (secondary N) is 2. The summed E-state index contributed by atoms with van der Waals surface area (Å²) in [5.74, 6) is 0.931. The number of methoxy groups -OCH3 is 3. The van der Waals surface area contributed by atoms with Gasteiger partial charge in [-0.05, 0) is 67.1 Å². The van der Waals surface area contributed by atoms with Gasteiger partial charge in [-0.1, -0.05) is 0 Å². The van der Waals surface area contributed by atoms with Gasteiger partial charge in [0, 0.05) is 23.2 Å². The monoisotopic (exact) mass is 410 g/mol. The van der Waals surface area contributed by atoms with Gasteiger partial charge in [-0.2, -0.15) is 0 Å². The van der Waals surface area contributed by atoms with E-state index in [0.29, 0.717) is 41.3 Å². The Morgan fingerprint density at radius 2 is 1.57 bits per heavy atom. The van der Waals surface area contributed by atoms with Crippen LogP contribution in [0.3, 0.4) is 0 Å². The zero-order valence-corrected chi connectivity index (χ0v) is 17.8. The fraction of sp³-hybridized carbons (Fsp3) is 0.304. The number of hydrogen-bond acceptors (Lipinski definition) is 5. The lowest BCUT2D eigenvalue weighted by atomic mass is 10.0. The van der Waals surface area contributed by atoms with Crippen molar-refractivity contribution in [3.05, 3.63) is 62.9 Å². The molecule has 1 heterocycles. The van der Waals surface area contributed by atoms with Gasteiger partial charge in [0.15, 0.2) is 11.5 Å². The Morgan fingerprint density at radius 1 is 0.933 bits per heavy atom. The van der Waals surface area contributed by atoms with E-state index >= 15 is 0 Å². The maximum Gasteiger partial charge on any atom is 0.251 e. The van der Waals surface area contributed by atoms with Crippen LogP contribution in [-0.4, -0.2) is 38.8 Å². The molecule has 0 spiro atoms. The molecule has 0 saturated heterocycles. The standard InChI is InChI=1S/C23H26N2O5/c1-13-8-16-10-15(23(27)25-18(16)9-14(13)2)6-7-24-22(26)17-11-19(28-3)21(30-5)20(12-17)29-4/h8-12H,6-7H2,1-5H3,(H,24,26)(H,25,27). The molecule has 0 aliphatic carbocycles. The van der Waals surface area contributed by atoms with Crippen LogP contribution < -0.4 is 25.1 Å². The van der Waals surface area contributed by atoms with Crippen LogP contribution in [0.2, 0.25) is 0 Å². The lowest BCUT2D eigenvalue weighted by Gasteiger charge is -2.14. The Bertz CT molecular complexity index is 1130. The average Bonchev–Trinajstić information content (AvgIpc) is 2.74. The zero-order valence-electron chi connectivity index (χ0n) is 17.8. The number of aromatic nitrogens is 1. The number of carbonyl (C=O) groups is 1. The lowest BCUT2D eigenvalue weighted by Crippen LogP contribution is -2.27. The van der Waals surface area contributed by atoms with E-state index in [4.69, 9.17) is 14.2 Å². The summed E-state index contributed by atoms with van der Waals surface area (Å²) in [6.07, 6.45) is 0.411. The van der Waals surface area contributed by atoms with Gasteiger partial charge in [0.05, 0.1) is 21.3 Å². The van der Waals surface area contributed by atoms with Gasteiger partial charge in [0.25, 0.3) is 11.5 Å². The molecule has 1 amide bonds. The maximum absolute atomic E-state index is 12.6. The number of aromatic amines is 1.